The van der Waals surface area contributed by atoms with Crippen molar-refractivity contribution in [1.29, 1.82) is 0 Å². The van der Waals surface area contributed by atoms with Crippen molar-refractivity contribution in [2.24, 2.45) is 11.8 Å². The molecule has 0 unspecified atom stereocenters. The van der Waals surface area contributed by atoms with Gasteiger partial charge in [0.1, 0.15) is 9.65 Å². The van der Waals surface area contributed by atoms with E-state index in [1.807, 2.05) is 27.7 Å². The normalized spacial score (nSPS) is 14.7. The summed E-state index contributed by atoms with van der Waals surface area (Å²) in [5.74, 6) is -0.516. The summed E-state index contributed by atoms with van der Waals surface area (Å²) in [5, 5.41) is 8.90. The lowest BCUT2D eigenvalue weighted by Crippen LogP contribution is -2.45. The maximum Gasteiger partial charge on any atom is 0.318 e. The van der Waals surface area contributed by atoms with E-state index >= 15 is 0 Å². The lowest BCUT2D eigenvalue weighted by molar-refractivity contribution is -0.139. The number of alkyl halides is 2. The van der Waals surface area contributed by atoms with E-state index in [0.717, 1.165) is 0 Å². The zero-order valence-electron chi connectivity index (χ0n) is 11.2. The average Bonchev–Trinajstić information content (AvgIpc) is 2.23. The highest BCUT2D eigenvalue weighted by atomic mass is 79.9. The molecule has 0 aliphatic heterocycles. The third-order valence-corrected chi connectivity index (χ3v) is 4.76. The van der Waals surface area contributed by atoms with E-state index in [2.05, 4.69) is 31.9 Å². The second-order valence-corrected chi connectivity index (χ2v) is 7.15. The molecule has 0 aromatic rings. The van der Waals surface area contributed by atoms with Crippen LogP contribution in [0.4, 0.5) is 0 Å². The number of carbonyl (C=O) groups is 2. The fourth-order valence-corrected chi connectivity index (χ4v) is 2.30. The monoisotopic (exact) mass is 385 g/mol. The molecule has 0 aliphatic carbocycles. The van der Waals surface area contributed by atoms with Crippen LogP contribution in [-0.4, -0.2) is 44.6 Å². The van der Waals surface area contributed by atoms with Gasteiger partial charge in [-0.1, -0.05) is 59.6 Å². The topological polar surface area (TPSA) is 57.6 Å². The Labute approximate surface area is 125 Å². The Hall–Kier alpha value is -0.100. The van der Waals surface area contributed by atoms with E-state index in [9.17, 15) is 9.59 Å². The molecule has 0 saturated carbocycles. The fourth-order valence-electron chi connectivity index (χ4n) is 1.56. The molecule has 2 atom stereocenters. The minimum Gasteiger partial charge on any atom is -0.480 e. The lowest BCUT2D eigenvalue weighted by atomic mass is 10.1. The molecule has 1 amide bonds. The van der Waals surface area contributed by atoms with Crippen molar-refractivity contribution >= 4 is 43.7 Å². The van der Waals surface area contributed by atoms with Crippen LogP contribution in [0.1, 0.15) is 27.7 Å². The Kier molecular flexibility index (Phi) is 8.10. The van der Waals surface area contributed by atoms with Crippen LogP contribution in [0.15, 0.2) is 0 Å². The molecule has 0 heterocycles. The van der Waals surface area contributed by atoms with Crippen LogP contribution >= 0.6 is 31.9 Å². The van der Waals surface area contributed by atoms with E-state index < -0.39 is 15.6 Å². The molecule has 0 radical (unpaired) electrons. The van der Waals surface area contributed by atoms with E-state index in [4.69, 9.17) is 5.11 Å². The standard InChI is InChI=1S/C12H21Br2NO3/c1-7(2)5-15(6-8(3)4)11(16)9(13)10(14)12(17)18/h7-10H,5-6H2,1-4H3,(H,17,18)/t9-,10+/m0/s1. The molecule has 18 heavy (non-hydrogen) atoms. The number of aliphatic carboxylic acids is 1. The summed E-state index contributed by atoms with van der Waals surface area (Å²) in [5.41, 5.74) is 0. The molecule has 0 rings (SSSR count). The van der Waals surface area contributed by atoms with Crippen LogP contribution in [0, 0.1) is 11.8 Å². The van der Waals surface area contributed by atoms with E-state index in [0.29, 0.717) is 24.9 Å². The highest BCUT2D eigenvalue weighted by Crippen LogP contribution is 2.19. The molecular formula is C12H21Br2NO3. The summed E-state index contributed by atoms with van der Waals surface area (Å²) < 4.78 is 0. The quantitative estimate of drug-likeness (QED) is 0.684. The largest absolute Gasteiger partial charge is 0.480 e. The number of rotatable bonds is 7. The molecule has 0 fully saturated rings. The minimum atomic E-state index is -1.04. The Morgan fingerprint density at radius 2 is 1.39 bits per heavy atom. The van der Waals surface area contributed by atoms with Gasteiger partial charge in [-0.3, -0.25) is 9.59 Å². The summed E-state index contributed by atoms with van der Waals surface area (Å²) in [4.78, 5) is 23.2. The van der Waals surface area contributed by atoms with Gasteiger partial charge in [0.05, 0.1) is 0 Å². The fraction of sp³-hybridized carbons (Fsp3) is 0.833. The van der Waals surface area contributed by atoms with Crippen molar-refractivity contribution in [3.8, 4) is 0 Å². The van der Waals surface area contributed by atoms with Crippen molar-refractivity contribution < 1.29 is 14.7 Å². The number of carboxylic acid groups (broad SMARTS) is 1. The average molecular weight is 387 g/mol. The molecule has 0 aromatic carbocycles. The Bertz CT molecular complexity index is 285. The third-order valence-electron chi connectivity index (χ3n) is 2.21. The Balaban J connectivity index is 4.77. The molecule has 106 valence electrons. The third kappa shape index (κ3) is 6.18. The Morgan fingerprint density at radius 3 is 1.67 bits per heavy atom. The van der Waals surface area contributed by atoms with Gasteiger partial charge in [-0.2, -0.15) is 0 Å². The first-order chi connectivity index (χ1) is 8.16. The lowest BCUT2D eigenvalue weighted by Gasteiger charge is -2.29. The summed E-state index contributed by atoms with van der Waals surface area (Å²) in [6.45, 7) is 9.41. The second kappa shape index (κ2) is 8.15. The van der Waals surface area contributed by atoms with Crippen molar-refractivity contribution in [3.63, 3.8) is 0 Å². The molecule has 0 aromatic heterocycles. The predicted octanol–water partition coefficient (Wildman–Crippen LogP) is 2.74. The van der Waals surface area contributed by atoms with Crippen molar-refractivity contribution in [2.45, 2.75) is 37.3 Å². The van der Waals surface area contributed by atoms with Gasteiger partial charge in [0, 0.05) is 13.1 Å². The first kappa shape index (κ1) is 17.9. The second-order valence-electron chi connectivity index (χ2n) is 5.17. The Morgan fingerprint density at radius 1 is 1.00 bits per heavy atom. The number of nitrogens with zero attached hydrogens (tertiary/aromatic N) is 1. The predicted molar refractivity (Wildman–Crippen MR) is 79.3 cm³/mol. The van der Waals surface area contributed by atoms with Gasteiger partial charge in [0.2, 0.25) is 5.91 Å². The summed E-state index contributed by atoms with van der Waals surface area (Å²) in [6, 6.07) is 0. The summed E-state index contributed by atoms with van der Waals surface area (Å²) in [6.07, 6.45) is 0. The molecule has 6 heteroatoms. The van der Waals surface area contributed by atoms with Gasteiger partial charge in [-0.05, 0) is 11.8 Å². The van der Waals surface area contributed by atoms with Crippen molar-refractivity contribution in [2.75, 3.05) is 13.1 Å². The maximum atomic E-state index is 12.2. The van der Waals surface area contributed by atoms with Gasteiger partial charge >= 0.3 is 5.97 Å². The van der Waals surface area contributed by atoms with Crippen molar-refractivity contribution in [1.82, 2.24) is 4.90 Å². The number of carbonyl (C=O) groups excluding carboxylic acids is 1. The summed E-state index contributed by atoms with van der Waals surface area (Å²) >= 11 is 6.19. The van der Waals surface area contributed by atoms with Crippen LogP contribution in [0.2, 0.25) is 0 Å². The van der Waals surface area contributed by atoms with Crippen LogP contribution in [-0.2, 0) is 9.59 Å². The first-order valence-electron chi connectivity index (χ1n) is 5.96. The van der Waals surface area contributed by atoms with Gasteiger partial charge in [-0.15, -0.1) is 0 Å². The van der Waals surface area contributed by atoms with Crippen LogP contribution in [0.25, 0.3) is 0 Å². The highest BCUT2D eigenvalue weighted by molar-refractivity contribution is 9.12. The number of hydrogen-bond acceptors (Lipinski definition) is 2. The van der Waals surface area contributed by atoms with Crippen LogP contribution < -0.4 is 0 Å². The highest BCUT2D eigenvalue weighted by Gasteiger charge is 2.32. The minimum absolute atomic E-state index is 0.179. The molecule has 4 nitrogen and oxygen atoms in total. The molecule has 0 saturated heterocycles. The number of carboxylic acids is 1. The van der Waals surface area contributed by atoms with Crippen LogP contribution in [0.5, 0.6) is 0 Å². The van der Waals surface area contributed by atoms with E-state index in [1.54, 1.807) is 4.90 Å². The molecule has 0 bridgehead atoms. The molecule has 0 aliphatic rings. The van der Waals surface area contributed by atoms with E-state index in [1.165, 1.54) is 0 Å². The zero-order valence-corrected chi connectivity index (χ0v) is 14.4. The summed E-state index contributed by atoms with van der Waals surface area (Å²) in [7, 11) is 0. The van der Waals surface area contributed by atoms with Crippen molar-refractivity contribution in [3.05, 3.63) is 0 Å². The molecule has 1 N–H and O–H groups in total. The SMILES string of the molecule is CC(C)CN(CC(C)C)C(=O)[C@@H](Br)[C@@H](Br)C(=O)O. The zero-order chi connectivity index (χ0) is 14.5. The smallest absolute Gasteiger partial charge is 0.318 e. The van der Waals surface area contributed by atoms with Gasteiger partial charge in [-0.25, -0.2) is 0 Å². The maximum absolute atomic E-state index is 12.2. The van der Waals surface area contributed by atoms with Crippen LogP contribution in [0.3, 0.4) is 0 Å². The van der Waals surface area contributed by atoms with Gasteiger partial charge in [0.25, 0.3) is 0 Å². The number of halogens is 2. The molecular weight excluding hydrogens is 366 g/mol. The number of hydrogen-bond donors (Lipinski definition) is 1. The molecule has 0 spiro atoms. The van der Waals surface area contributed by atoms with Gasteiger partial charge < -0.3 is 10.0 Å². The number of amides is 1. The van der Waals surface area contributed by atoms with Gasteiger partial charge in [0.15, 0.2) is 0 Å². The first-order valence-corrected chi connectivity index (χ1v) is 7.79. The van der Waals surface area contributed by atoms with E-state index in [-0.39, 0.29) is 5.91 Å².